The zero-order valence-electron chi connectivity index (χ0n) is 31.7. The maximum atomic E-state index is 14.4. The number of aliphatic hydroxyl groups excluding tert-OH is 1. The lowest BCUT2D eigenvalue weighted by Gasteiger charge is -2.17. The van der Waals surface area contributed by atoms with E-state index >= 15 is 0 Å². The number of esters is 1. The van der Waals surface area contributed by atoms with E-state index in [0.29, 0.717) is 31.9 Å². The first-order valence-corrected chi connectivity index (χ1v) is 17.3. The molecule has 0 amide bonds. The first-order valence-electron chi connectivity index (χ1n) is 17.3. The number of pyridine rings is 1. The highest BCUT2D eigenvalue weighted by Gasteiger charge is 2.28. The van der Waals surface area contributed by atoms with Gasteiger partial charge in [-0.3, -0.25) is 9.59 Å². The van der Waals surface area contributed by atoms with E-state index in [1.807, 2.05) is 0 Å². The number of aromatic nitrogens is 1. The molecule has 0 saturated carbocycles. The Morgan fingerprint density at radius 3 is 1.77 bits per heavy atom. The van der Waals surface area contributed by atoms with E-state index < -0.39 is 16.8 Å². The molecule has 0 radical (unpaired) electrons. The average Bonchev–Trinajstić information content (AvgIpc) is 3.20. The van der Waals surface area contributed by atoms with Gasteiger partial charge in [-0.2, -0.15) is 0 Å². The van der Waals surface area contributed by atoms with Crippen LogP contribution in [0, 0.1) is 0 Å². The molecule has 0 aliphatic rings. The number of rotatable bonds is 28. The number of hydrogen-bond acceptors (Lipinski definition) is 18. The van der Waals surface area contributed by atoms with Crippen molar-refractivity contribution in [1.82, 2.24) is 4.98 Å². The van der Waals surface area contributed by atoms with Crippen molar-refractivity contribution in [2.24, 2.45) is 0 Å². The van der Waals surface area contributed by atoms with E-state index in [1.165, 1.54) is 46.8 Å². The molecule has 0 bridgehead atoms. The second kappa shape index (κ2) is 23.9. The van der Waals surface area contributed by atoms with Crippen LogP contribution in [-0.2, 0) is 42.6 Å². The molecule has 2 aromatic carbocycles. The fourth-order valence-corrected chi connectivity index (χ4v) is 5.11. The molecule has 0 aliphatic carbocycles. The van der Waals surface area contributed by atoms with Gasteiger partial charge in [0.2, 0.25) is 5.43 Å². The summed E-state index contributed by atoms with van der Waals surface area (Å²) in [5.74, 6) is -0.686. The number of carbonyl (C=O) groups is 1. The summed E-state index contributed by atoms with van der Waals surface area (Å²) in [5.41, 5.74) is -1.55. The van der Waals surface area contributed by atoms with E-state index in [0.717, 1.165) is 6.26 Å². The molecule has 2 heterocycles. The number of benzene rings is 2. The molecule has 0 spiro atoms. The molecule has 0 atom stereocenters. The van der Waals surface area contributed by atoms with Crippen LogP contribution in [0.2, 0.25) is 0 Å². The molecule has 56 heavy (non-hydrogen) atoms. The van der Waals surface area contributed by atoms with Gasteiger partial charge in [0.1, 0.15) is 24.0 Å². The zero-order valence-corrected chi connectivity index (χ0v) is 31.7. The highest BCUT2D eigenvalue weighted by atomic mass is 16.7. The first kappa shape index (κ1) is 43.9. The van der Waals surface area contributed by atoms with Gasteiger partial charge >= 0.3 is 5.97 Å². The zero-order chi connectivity index (χ0) is 40.1. The number of nitrogens with one attached hydrogen (secondary N) is 1. The quantitative estimate of drug-likeness (QED) is 0.0479. The number of aromatic amines is 1. The minimum atomic E-state index is -0.968. The molecule has 0 fully saturated rings. The molecular weight excluding hydrogens is 746 g/mol. The van der Waals surface area contributed by atoms with Crippen LogP contribution in [0.25, 0.3) is 33.0 Å². The molecule has 0 saturated heterocycles. The highest BCUT2D eigenvalue weighted by molar-refractivity contribution is 6.07. The Morgan fingerprint density at radius 2 is 1.18 bits per heavy atom. The van der Waals surface area contributed by atoms with E-state index in [1.54, 1.807) is 6.07 Å². The van der Waals surface area contributed by atoms with Crippen LogP contribution < -0.4 is 29.8 Å². The fourth-order valence-electron chi connectivity index (χ4n) is 5.11. The predicted octanol–water partition coefficient (Wildman–Crippen LogP) is 2.45. The van der Waals surface area contributed by atoms with Gasteiger partial charge < -0.3 is 76.1 Å². The first-order chi connectivity index (χ1) is 27.4. The molecule has 0 unspecified atom stereocenters. The number of methoxy groups -OCH3 is 4. The number of carbonyl (C=O) groups excluding carboxylic acids is 1. The minimum Gasteiger partial charge on any atom is -0.464 e. The lowest BCUT2D eigenvalue weighted by molar-refractivity contribution is -0.0115. The van der Waals surface area contributed by atoms with Crippen molar-refractivity contribution in [2.75, 3.05) is 122 Å². The summed E-state index contributed by atoms with van der Waals surface area (Å²) >= 11 is 0. The van der Waals surface area contributed by atoms with Gasteiger partial charge in [-0.15, -0.1) is 0 Å². The highest BCUT2D eigenvalue weighted by Crippen LogP contribution is 2.38. The third-order valence-electron chi connectivity index (χ3n) is 7.55. The maximum Gasteiger partial charge on any atom is 0.343 e. The second-order valence-corrected chi connectivity index (χ2v) is 11.3. The topological polar surface area (TPSA) is 220 Å². The van der Waals surface area contributed by atoms with Gasteiger partial charge in [-0.05, 0) is 6.07 Å². The van der Waals surface area contributed by atoms with E-state index in [9.17, 15) is 14.4 Å². The van der Waals surface area contributed by atoms with Crippen LogP contribution in [0.15, 0.2) is 44.7 Å². The Hall–Kier alpha value is -4.83. The number of hydrogen-bond donors (Lipinski definition) is 2. The Morgan fingerprint density at radius 1 is 0.643 bits per heavy atom. The number of ether oxygens (including phenoxy) is 13. The summed E-state index contributed by atoms with van der Waals surface area (Å²) in [6.45, 7) is 1.13. The number of fused-ring (bicyclic) bond motifs is 2. The number of aliphatic hydroxyl groups is 1. The molecule has 2 aromatic heterocycles. The van der Waals surface area contributed by atoms with Crippen molar-refractivity contribution in [3.8, 4) is 34.1 Å². The summed E-state index contributed by atoms with van der Waals surface area (Å²) in [7, 11) is 5.67. The lowest BCUT2D eigenvalue weighted by atomic mass is 10.0. The van der Waals surface area contributed by atoms with Gasteiger partial charge in [0, 0.05) is 46.8 Å². The molecule has 19 nitrogen and oxygen atoms in total. The van der Waals surface area contributed by atoms with E-state index in [-0.39, 0.29) is 123 Å². The number of H-pyrrole nitrogens is 1. The van der Waals surface area contributed by atoms with E-state index in [2.05, 4.69) is 4.98 Å². The summed E-state index contributed by atoms with van der Waals surface area (Å²) in [5, 5.41) is 8.61. The molecular formula is C37H47NO18. The minimum absolute atomic E-state index is 0.000481. The van der Waals surface area contributed by atoms with Crippen molar-refractivity contribution < 1.29 is 75.9 Å². The molecule has 4 aromatic rings. The third kappa shape index (κ3) is 12.1. The second-order valence-electron chi connectivity index (χ2n) is 11.3. The van der Waals surface area contributed by atoms with Gasteiger partial charge in [0.25, 0.3) is 0 Å². The van der Waals surface area contributed by atoms with Gasteiger partial charge in [-0.25, -0.2) is 4.79 Å². The molecule has 19 heteroatoms. The molecule has 4 rings (SSSR count). The van der Waals surface area contributed by atoms with Crippen LogP contribution in [-0.4, -0.2) is 138 Å². The lowest BCUT2D eigenvalue weighted by Crippen LogP contribution is -2.19. The van der Waals surface area contributed by atoms with Crippen LogP contribution >= 0.6 is 0 Å². The van der Waals surface area contributed by atoms with E-state index in [4.69, 9.17) is 71.1 Å². The molecule has 0 aliphatic heterocycles. The van der Waals surface area contributed by atoms with Gasteiger partial charge in [0.05, 0.1) is 86.9 Å². The van der Waals surface area contributed by atoms with Crippen molar-refractivity contribution in [3.63, 3.8) is 0 Å². The average molecular weight is 794 g/mol. The molecule has 308 valence electrons. The van der Waals surface area contributed by atoms with Crippen LogP contribution in [0.3, 0.4) is 0 Å². The fraction of sp³-hybridized carbons (Fsp3) is 0.486. The van der Waals surface area contributed by atoms with Crippen LogP contribution in [0.1, 0.15) is 10.4 Å². The summed E-state index contributed by atoms with van der Waals surface area (Å²) in [6, 6.07) is 4.35. The largest absolute Gasteiger partial charge is 0.464 e. The Bertz CT molecular complexity index is 1940. The summed E-state index contributed by atoms with van der Waals surface area (Å²) in [6.07, 6.45) is 2.46. The van der Waals surface area contributed by atoms with Gasteiger partial charge in [-0.1, -0.05) is 0 Å². The third-order valence-corrected chi connectivity index (χ3v) is 7.55. The Labute approximate surface area is 321 Å². The van der Waals surface area contributed by atoms with Crippen LogP contribution in [0.4, 0.5) is 0 Å². The van der Waals surface area contributed by atoms with Crippen molar-refractivity contribution in [1.29, 1.82) is 0 Å². The maximum absolute atomic E-state index is 14.4. The monoisotopic (exact) mass is 793 g/mol. The van der Waals surface area contributed by atoms with Crippen LogP contribution in [0.5, 0.6) is 23.0 Å². The van der Waals surface area contributed by atoms with Crippen molar-refractivity contribution >= 4 is 27.8 Å². The summed E-state index contributed by atoms with van der Waals surface area (Å²) < 4.78 is 75.7. The Kier molecular flexibility index (Phi) is 18.8. The smallest absolute Gasteiger partial charge is 0.343 e. The van der Waals surface area contributed by atoms with Crippen molar-refractivity contribution in [3.05, 3.63) is 56.7 Å². The molecule has 2 N–H and O–H groups in total. The Balaban J connectivity index is 1.61. The summed E-state index contributed by atoms with van der Waals surface area (Å²) in [4.78, 5) is 45.2. The SMILES string of the molecule is COCOc1cc2[nH]cc(-c3coc4cc(OCOC)c(OCOC)c(C(=O)OCCOCCOCCOCCOCCO)c4c3=O)c(=O)c2cc1OCOC. The van der Waals surface area contributed by atoms with Gasteiger partial charge in [0.15, 0.2) is 55.6 Å². The van der Waals surface area contributed by atoms with Crippen molar-refractivity contribution in [2.45, 2.75) is 0 Å². The predicted molar refractivity (Wildman–Crippen MR) is 197 cm³/mol. The normalized spacial score (nSPS) is 11.3. The standard InChI is InChI=1S/C37H47NO18/c1-43-20-53-28-15-24-27(16-29(28)54-21-44-2)38-18-25(34(24)40)26-19-52-30-17-31(55-22-45-3)36(56-23-46-4)33(32(30)35(26)41)37(42)51-14-13-50-12-11-49-10-9-48-8-7-47-6-5-39/h15-19,39H,5-14,20-23H2,1-4H3,(H,38,40).